The predicted octanol–water partition coefficient (Wildman–Crippen LogP) is 2.59. The minimum Gasteiger partial charge on any atom is -0.481 e. The fourth-order valence-corrected chi connectivity index (χ4v) is 5.29. The first-order valence-corrected chi connectivity index (χ1v) is 11.9. The van der Waals surface area contributed by atoms with Crippen molar-refractivity contribution in [3.05, 3.63) is 17.8 Å². The van der Waals surface area contributed by atoms with Gasteiger partial charge in [-0.15, -0.1) is 0 Å². The van der Waals surface area contributed by atoms with Crippen LogP contribution in [0.3, 0.4) is 0 Å². The van der Waals surface area contributed by atoms with Crippen molar-refractivity contribution in [1.29, 1.82) is 0 Å². The zero-order valence-corrected chi connectivity index (χ0v) is 19.3. The molecule has 5 rings (SSSR count). The minimum atomic E-state index is -0.111. The molecule has 178 valence electrons. The van der Waals surface area contributed by atoms with Crippen molar-refractivity contribution in [3.63, 3.8) is 0 Å². The van der Waals surface area contributed by atoms with Gasteiger partial charge >= 0.3 is 0 Å². The largest absolute Gasteiger partial charge is 0.481 e. The monoisotopic (exact) mass is 455 g/mol. The number of aliphatic hydroxyl groups is 1. The molecule has 4 heterocycles. The summed E-state index contributed by atoms with van der Waals surface area (Å²) in [4.78, 5) is 26.6. The summed E-state index contributed by atoms with van der Waals surface area (Å²) in [5.41, 5.74) is 0.616. The number of aromatic nitrogens is 4. The molecule has 10 nitrogen and oxygen atoms in total. The van der Waals surface area contributed by atoms with Gasteiger partial charge in [0.25, 0.3) is 0 Å². The zero-order valence-electron chi connectivity index (χ0n) is 19.3. The number of hydrogen-bond acceptors (Lipinski definition) is 8. The van der Waals surface area contributed by atoms with Crippen molar-refractivity contribution in [1.82, 2.24) is 25.1 Å². The fourth-order valence-electron chi connectivity index (χ4n) is 5.29. The van der Waals surface area contributed by atoms with Gasteiger partial charge in [-0.1, -0.05) is 0 Å². The molecule has 1 saturated carbocycles. The quantitative estimate of drug-likeness (QED) is 0.556. The molecule has 3 fully saturated rings. The van der Waals surface area contributed by atoms with E-state index in [4.69, 9.17) is 9.72 Å². The summed E-state index contributed by atoms with van der Waals surface area (Å²) in [5.74, 6) is 3.15. The van der Waals surface area contributed by atoms with E-state index in [0.29, 0.717) is 53.1 Å². The highest BCUT2D eigenvalue weighted by atomic mass is 16.5. The molecule has 1 aliphatic carbocycles. The Kier molecular flexibility index (Phi) is 6.09. The molecular formula is C23H33N7O3. The van der Waals surface area contributed by atoms with Crippen LogP contribution in [0.1, 0.15) is 57.1 Å². The van der Waals surface area contributed by atoms with Gasteiger partial charge in [-0.2, -0.15) is 15.1 Å². The average Bonchev–Trinajstić information content (AvgIpc) is 3.52. The second kappa shape index (κ2) is 9.17. The number of carbonyl (C=O) groups is 1. The number of ether oxygens (including phenoxy) is 1. The molecule has 10 heteroatoms. The second-order valence-corrected chi connectivity index (χ2v) is 9.58. The molecule has 3 aliphatic rings. The van der Waals surface area contributed by atoms with E-state index in [1.165, 1.54) is 19.3 Å². The van der Waals surface area contributed by atoms with E-state index in [9.17, 15) is 9.90 Å². The van der Waals surface area contributed by atoms with Gasteiger partial charge in [-0.05, 0) is 50.9 Å². The summed E-state index contributed by atoms with van der Waals surface area (Å²) in [6.07, 6.45) is 8.38. The number of fused-ring (bicyclic) bond motifs is 2. The van der Waals surface area contributed by atoms with Gasteiger partial charge in [-0.25, -0.2) is 0 Å². The molecule has 0 radical (unpaired) electrons. The Hall–Kier alpha value is -2.88. The summed E-state index contributed by atoms with van der Waals surface area (Å²) < 4.78 is 5.42. The molecular weight excluding hydrogens is 422 g/mol. The summed E-state index contributed by atoms with van der Waals surface area (Å²) >= 11 is 0. The van der Waals surface area contributed by atoms with Crippen LogP contribution < -0.4 is 15.0 Å². The van der Waals surface area contributed by atoms with Crippen LogP contribution in [0.25, 0.3) is 0 Å². The third-order valence-corrected chi connectivity index (χ3v) is 7.22. The van der Waals surface area contributed by atoms with Crippen molar-refractivity contribution >= 4 is 23.5 Å². The highest BCUT2D eigenvalue weighted by Crippen LogP contribution is 2.40. The number of carbonyl (C=O) groups excluding carboxylic acids is 1. The zero-order chi connectivity index (χ0) is 22.9. The lowest BCUT2D eigenvalue weighted by Gasteiger charge is -2.50. The van der Waals surface area contributed by atoms with E-state index in [2.05, 4.69) is 30.3 Å². The number of aliphatic hydroxyl groups excluding tert-OH is 1. The first-order chi connectivity index (χ1) is 16.0. The number of piperidine rings is 2. The third-order valence-electron chi connectivity index (χ3n) is 7.22. The Bertz CT molecular complexity index is 978. The standard InChI is InChI=1S/C23H33N7O3/c1-29(18-10-16-4-3-5-17(11-18)30(16)22(32)8-14-6-7-14)23-25-19(12-21(26-23)33-2)24-20-9-15(13-31)27-28-20/h9,12,14,16-18,31H,3-8,10-11,13H2,1-2H3,(H2,24,25,26,27,28)/t16-,17+,18+. The molecule has 0 spiro atoms. The topological polar surface area (TPSA) is 119 Å². The lowest BCUT2D eigenvalue weighted by molar-refractivity contribution is -0.141. The maximum atomic E-state index is 13.0. The van der Waals surface area contributed by atoms with Gasteiger partial charge in [0.15, 0.2) is 5.82 Å². The van der Waals surface area contributed by atoms with E-state index >= 15 is 0 Å². The van der Waals surface area contributed by atoms with Crippen LogP contribution in [0.2, 0.25) is 0 Å². The number of rotatable bonds is 8. The fraction of sp³-hybridized carbons (Fsp3) is 0.652. The molecule has 0 unspecified atom stereocenters. The smallest absolute Gasteiger partial charge is 0.230 e. The van der Waals surface area contributed by atoms with Crippen LogP contribution in [0.5, 0.6) is 5.88 Å². The predicted molar refractivity (Wildman–Crippen MR) is 123 cm³/mol. The van der Waals surface area contributed by atoms with Crippen LogP contribution in [0.4, 0.5) is 17.6 Å². The Balaban J connectivity index is 1.32. The third kappa shape index (κ3) is 4.75. The van der Waals surface area contributed by atoms with E-state index in [1.807, 2.05) is 7.05 Å². The molecule has 0 aromatic carbocycles. The number of nitrogens with one attached hydrogen (secondary N) is 2. The average molecular weight is 456 g/mol. The number of amides is 1. The number of aromatic amines is 1. The molecule has 2 aromatic rings. The number of H-pyrrole nitrogens is 1. The van der Waals surface area contributed by atoms with Crippen LogP contribution in [0, 0.1) is 5.92 Å². The molecule has 3 N–H and O–H groups in total. The number of hydrogen-bond donors (Lipinski definition) is 3. The van der Waals surface area contributed by atoms with E-state index in [-0.39, 0.29) is 12.6 Å². The molecule has 1 amide bonds. The number of nitrogens with zero attached hydrogens (tertiary/aromatic N) is 5. The Morgan fingerprint density at radius 1 is 1.21 bits per heavy atom. The maximum absolute atomic E-state index is 13.0. The molecule has 3 atom stereocenters. The first-order valence-electron chi connectivity index (χ1n) is 11.9. The Labute approximate surface area is 193 Å². The lowest BCUT2D eigenvalue weighted by Crippen LogP contribution is -2.58. The summed E-state index contributed by atoms with van der Waals surface area (Å²) in [7, 11) is 3.61. The number of anilines is 3. The second-order valence-electron chi connectivity index (χ2n) is 9.58. The highest BCUT2D eigenvalue weighted by molar-refractivity contribution is 5.77. The highest BCUT2D eigenvalue weighted by Gasteiger charge is 2.43. The van der Waals surface area contributed by atoms with Crippen molar-refractivity contribution in [2.24, 2.45) is 5.92 Å². The van der Waals surface area contributed by atoms with Crippen LogP contribution in [-0.2, 0) is 11.4 Å². The van der Waals surface area contributed by atoms with Gasteiger partial charge < -0.3 is 25.0 Å². The van der Waals surface area contributed by atoms with Crippen molar-refractivity contribution in [2.75, 3.05) is 24.4 Å². The van der Waals surface area contributed by atoms with E-state index in [1.54, 1.807) is 19.2 Å². The normalized spacial score (nSPS) is 24.5. The Morgan fingerprint density at radius 2 is 1.97 bits per heavy atom. The summed E-state index contributed by atoms with van der Waals surface area (Å²) in [6.45, 7) is -0.111. The molecule has 2 bridgehead atoms. The van der Waals surface area contributed by atoms with Gasteiger partial charge in [0.1, 0.15) is 5.82 Å². The van der Waals surface area contributed by atoms with Crippen LogP contribution in [-0.4, -0.2) is 68.4 Å². The van der Waals surface area contributed by atoms with Gasteiger partial charge in [0, 0.05) is 43.7 Å². The van der Waals surface area contributed by atoms with Crippen molar-refractivity contribution in [2.45, 2.75) is 76.1 Å². The van der Waals surface area contributed by atoms with E-state index < -0.39 is 0 Å². The minimum absolute atomic E-state index is 0.111. The van der Waals surface area contributed by atoms with Gasteiger partial charge in [-0.3, -0.25) is 9.89 Å². The van der Waals surface area contributed by atoms with Crippen molar-refractivity contribution in [3.8, 4) is 5.88 Å². The SMILES string of the molecule is COc1cc(Nc2cc(CO)[nH]n2)nc(N(C)[C@H]2C[C@H]3CCC[C@@H](C2)N3C(=O)CC2CC2)n1. The number of methoxy groups -OCH3 is 1. The summed E-state index contributed by atoms with van der Waals surface area (Å²) in [5, 5.41) is 19.3. The molecule has 2 saturated heterocycles. The van der Waals surface area contributed by atoms with Gasteiger partial charge in [0.05, 0.1) is 19.4 Å². The van der Waals surface area contributed by atoms with Crippen molar-refractivity contribution < 1.29 is 14.6 Å². The molecule has 2 aliphatic heterocycles. The maximum Gasteiger partial charge on any atom is 0.230 e. The Morgan fingerprint density at radius 3 is 2.61 bits per heavy atom. The van der Waals surface area contributed by atoms with Gasteiger partial charge in [0.2, 0.25) is 17.7 Å². The molecule has 33 heavy (non-hydrogen) atoms. The summed E-state index contributed by atoms with van der Waals surface area (Å²) in [6, 6.07) is 4.32. The molecule has 2 aromatic heterocycles. The van der Waals surface area contributed by atoms with Crippen LogP contribution >= 0.6 is 0 Å². The lowest BCUT2D eigenvalue weighted by atomic mass is 9.81. The van der Waals surface area contributed by atoms with E-state index in [0.717, 1.165) is 32.1 Å². The van der Waals surface area contributed by atoms with Crippen LogP contribution in [0.15, 0.2) is 12.1 Å². The first kappa shape index (κ1) is 21.9.